The van der Waals surface area contributed by atoms with E-state index in [-0.39, 0.29) is 69.9 Å². The molecule has 0 N–H and O–H groups in total. The summed E-state index contributed by atoms with van der Waals surface area (Å²) in [6.07, 6.45) is -0.243. The molecule has 12 rings (SSSR count). The largest absolute Gasteiger partial charge is 0.457 e. The summed E-state index contributed by atoms with van der Waals surface area (Å²) in [7, 11) is 0. The molecule has 3 aromatic heterocycles. The van der Waals surface area contributed by atoms with Gasteiger partial charge in [-0.15, -0.1) is 11.3 Å². The number of ether oxygens (including phenoxy) is 1. The number of pyridine rings is 1. The number of para-hydroxylation sites is 3. The minimum atomic E-state index is -0.656. The van der Waals surface area contributed by atoms with Gasteiger partial charge in [0.15, 0.2) is 0 Å². The fourth-order valence-corrected chi connectivity index (χ4v) is 12.4. The molecule has 0 spiro atoms. The van der Waals surface area contributed by atoms with Gasteiger partial charge >= 0.3 is 0 Å². The highest BCUT2D eigenvalue weighted by molar-refractivity contribution is 7.26. The molecular formula is C74H76N4OS. The molecule has 0 saturated heterocycles. The van der Waals surface area contributed by atoms with Crippen LogP contribution in [0.15, 0.2) is 176 Å². The number of aromatic nitrogens is 2. The van der Waals surface area contributed by atoms with Gasteiger partial charge in [0.2, 0.25) is 0 Å². The fraction of sp³-hybridized carbons (Fsp3) is 0.284. The average molecular weight is 1080 g/mol. The molecule has 1 aliphatic rings. The van der Waals surface area contributed by atoms with Gasteiger partial charge in [0, 0.05) is 66.1 Å². The zero-order valence-corrected chi connectivity index (χ0v) is 49.8. The molecule has 1 aliphatic heterocycles. The lowest BCUT2D eigenvalue weighted by molar-refractivity contribution is 0.483. The first-order chi connectivity index (χ1) is 40.7. The number of thiophene rings is 1. The Kier molecular flexibility index (Phi) is 10.7. The lowest BCUT2D eigenvalue weighted by Gasteiger charge is -2.31. The van der Waals surface area contributed by atoms with Crippen molar-refractivity contribution in [1.82, 2.24) is 9.55 Å². The van der Waals surface area contributed by atoms with Crippen LogP contribution in [0, 0.1) is 0 Å². The molecule has 6 heteroatoms. The summed E-state index contributed by atoms with van der Waals surface area (Å²) in [4.78, 5) is 9.53. The van der Waals surface area contributed by atoms with Crippen molar-refractivity contribution in [1.29, 1.82) is 0 Å². The first-order valence-corrected chi connectivity index (χ1v) is 28.8. The molecule has 0 bridgehead atoms. The van der Waals surface area contributed by atoms with Gasteiger partial charge in [-0.3, -0.25) is 4.57 Å². The van der Waals surface area contributed by atoms with Gasteiger partial charge in [0.1, 0.15) is 24.0 Å². The van der Waals surface area contributed by atoms with Crippen LogP contribution in [0.2, 0.25) is 0 Å². The molecule has 0 radical (unpaired) electrons. The monoisotopic (exact) mass is 1080 g/mol. The van der Waals surface area contributed by atoms with Crippen molar-refractivity contribution in [3.8, 4) is 39.6 Å². The number of hydrogen-bond donors (Lipinski definition) is 0. The minimum absolute atomic E-state index is 0.0354. The molecule has 5 nitrogen and oxygen atoms in total. The van der Waals surface area contributed by atoms with E-state index in [1.165, 1.54) is 44.7 Å². The number of hydrogen-bond acceptors (Lipinski definition) is 5. The second-order valence-electron chi connectivity index (χ2n) is 27.0. The van der Waals surface area contributed by atoms with Crippen molar-refractivity contribution in [2.45, 2.75) is 131 Å². The summed E-state index contributed by atoms with van der Waals surface area (Å²) < 4.78 is 72.6. The zero-order chi connectivity index (χ0) is 62.5. The molecule has 8 aromatic carbocycles. The first-order valence-electron chi connectivity index (χ1n) is 31.5. The van der Waals surface area contributed by atoms with E-state index in [2.05, 4.69) is 189 Å². The van der Waals surface area contributed by atoms with E-state index in [4.69, 9.17) is 13.0 Å². The van der Waals surface area contributed by atoms with Crippen molar-refractivity contribution in [3.05, 3.63) is 204 Å². The fourth-order valence-electron chi connectivity index (χ4n) is 11.2. The number of rotatable bonds is 7. The summed E-state index contributed by atoms with van der Waals surface area (Å²) in [6, 6.07) is 46.9. The van der Waals surface area contributed by atoms with Crippen molar-refractivity contribution in [3.63, 3.8) is 0 Å². The second-order valence-corrected chi connectivity index (χ2v) is 28.0. The third-order valence-electron chi connectivity index (χ3n) is 15.9. The Bertz CT molecular complexity index is 4500. The van der Waals surface area contributed by atoms with Crippen LogP contribution < -0.4 is 14.5 Å². The quantitative estimate of drug-likeness (QED) is 0.159. The lowest BCUT2D eigenvalue weighted by Crippen LogP contribution is -2.25. The normalized spacial score (nSPS) is 14.8. The highest BCUT2D eigenvalue weighted by atomic mass is 32.1. The molecule has 0 amide bonds. The van der Waals surface area contributed by atoms with Crippen molar-refractivity contribution < 1.29 is 14.3 Å². The second kappa shape index (κ2) is 19.0. The Labute approximate surface area is 488 Å². The van der Waals surface area contributed by atoms with E-state index in [1.54, 1.807) is 0 Å². The lowest BCUT2D eigenvalue weighted by atomic mass is 9.77. The van der Waals surface area contributed by atoms with E-state index in [1.807, 2.05) is 67.8 Å². The third kappa shape index (κ3) is 9.53. The van der Waals surface area contributed by atoms with E-state index in [0.29, 0.717) is 50.2 Å². The summed E-state index contributed by atoms with van der Waals surface area (Å²) >= 11 is 1.32. The van der Waals surface area contributed by atoms with Gasteiger partial charge in [-0.25, -0.2) is 4.98 Å². The maximum absolute atomic E-state index is 9.70. The number of benzene rings is 8. The van der Waals surface area contributed by atoms with Crippen LogP contribution in [-0.2, 0) is 27.1 Å². The van der Waals surface area contributed by atoms with Crippen molar-refractivity contribution in [2.24, 2.45) is 0 Å². The van der Waals surface area contributed by atoms with Crippen LogP contribution in [0.3, 0.4) is 0 Å². The highest BCUT2D eigenvalue weighted by Gasteiger charge is 2.33. The van der Waals surface area contributed by atoms with E-state index in [9.17, 15) is 1.37 Å². The van der Waals surface area contributed by atoms with Gasteiger partial charge in [0.05, 0.1) is 37.7 Å². The van der Waals surface area contributed by atoms with E-state index < -0.39 is 5.41 Å². The average Bonchev–Trinajstić information content (AvgIpc) is 1.58. The number of nitrogens with zero attached hydrogens (tertiary/aromatic N) is 4. The Balaban J connectivity index is 1.01. The topological polar surface area (TPSA) is 33.5 Å². The zero-order valence-electron chi connectivity index (χ0n) is 56.0. The van der Waals surface area contributed by atoms with Gasteiger partial charge in [-0.05, 0) is 127 Å². The predicted octanol–water partition coefficient (Wildman–Crippen LogP) is 21.4. The summed E-state index contributed by atoms with van der Waals surface area (Å²) in [5.41, 5.74) is 14.7. The maximum atomic E-state index is 9.70. The Morgan fingerprint density at radius 2 is 1.04 bits per heavy atom. The molecule has 0 aliphatic carbocycles. The van der Waals surface area contributed by atoms with Crippen LogP contribution >= 0.6 is 11.3 Å². The molecule has 0 atom stereocenters. The maximum Gasteiger partial charge on any atom is 0.137 e. The van der Waals surface area contributed by atoms with Crippen LogP contribution in [0.25, 0.3) is 70.0 Å². The molecule has 0 saturated carbocycles. The SMILES string of the molecule is [2H]c1nc(-n2c3cc(Oc4cccc(N5CN(c6c(-c7cc(C(C)(C)C)cc(C(C)(C)C)c7)cccc6-c6cc(C(C)(C)C)cc(C(C)(C)C)c6)c6ccccc65)c4)ccc3c3c4sc5c([2H])c([2H])c([2H])c([2H])c5c4ccc32)c([2H])c(C(C)(C)C)c1[2H]. The summed E-state index contributed by atoms with van der Waals surface area (Å²) in [6.45, 7) is 33.9. The van der Waals surface area contributed by atoms with Crippen LogP contribution in [0.1, 0.15) is 141 Å². The molecule has 4 heterocycles. The molecule has 0 fully saturated rings. The first kappa shape index (κ1) is 45.1. The van der Waals surface area contributed by atoms with Crippen molar-refractivity contribution in [2.75, 3.05) is 16.5 Å². The van der Waals surface area contributed by atoms with Crippen LogP contribution in [-0.4, -0.2) is 16.2 Å². The van der Waals surface area contributed by atoms with Crippen molar-refractivity contribution >= 4 is 76.1 Å². The highest BCUT2D eigenvalue weighted by Crippen LogP contribution is 2.52. The summed E-state index contributed by atoms with van der Waals surface area (Å²) in [5, 5.41) is 2.72. The number of anilines is 4. The number of fused-ring (bicyclic) bond motifs is 8. The Hall–Kier alpha value is -7.67. The molecule has 0 unspecified atom stereocenters. The molecule has 11 aromatic rings. The van der Waals surface area contributed by atoms with Crippen LogP contribution in [0.4, 0.5) is 22.7 Å². The summed E-state index contributed by atoms with van der Waals surface area (Å²) in [5.74, 6) is 1.31. The Morgan fingerprint density at radius 3 is 1.64 bits per heavy atom. The molecular weight excluding hydrogens is 993 g/mol. The van der Waals surface area contributed by atoms with Gasteiger partial charge < -0.3 is 14.5 Å². The Morgan fingerprint density at radius 1 is 0.487 bits per heavy atom. The van der Waals surface area contributed by atoms with Gasteiger partial charge in [-0.2, -0.15) is 0 Å². The smallest absolute Gasteiger partial charge is 0.137 e. The third-order valence-corrected chi connectivity index (χ3v) is 17.0. The molecule has 404 valence electrons. The molecule has 80 heavy (non-hydrogen) atoms. The van der Waals surface area contributed by atoms with E-state index in [0.717, 1.165) is 49.3 Å². The van der Waals surface area contributed by atoms with Crippen LogP contribution in [0.5, 0.6) is 11.5 Å². The predicted molar refractivity (Wildman–Crippen MR) is 344 cm³/mol. The standard InChI is InChI=1S/C74H76N4OS/c1-70(2,3)48-34-35-75-66(42-48)78-63-33-32-59-58-24-16-19-29-65(58)80-69(59)67(63)60-31-30-55(44-64(60)78)79-54-23-20-22-53(43-54)76-45-77(62-28-18-17-27-61(62)76)68-56(46-36-49(71(4,5)6)40-50(37-46)72(7,8)9)25-21-26-57(68)47-38-51(73(10,11)12)41-52(39-47)74(13,14)15/h16-44H,45H2,1-15H3/i16D,19D,24D,29D,34D,35D,42D. The minimum Gasteiger partial charge on any atom is -0.457 e. The van der Waals surface area contributed by atoms with E-state index >= 15 is 0 Å². The van der Waals surface area contributed by atoms with Gasteiger partial charge in [-0.1, -0.05) is 201 Å². The van der Waals surface area contributed by atoms with Gasteiger partial charge in [0.25, 0.3) is 0 Å².